The summed E-state index contributed by atoms with van der Waals surface area (Å²) in [5.74, 6) is 3.98. The van der Waals surface area contributed by atoms with E-state index in [9.17, 15) is 15.2 Å². The summed E-state index contributed by atoms with van der Waals surface area (Å²) in [6.07, 6.45) is 12.8. The first-order chi connectivity index (χ1) is 14.6. The van der Waals surface area contributed by atoms with Crippen molar-refractivity contribution in [2.24, 2.45) is 46.3 Å². The maximum atomic E-state index is 12.1. The summed E-state index contributed by atoms with van der Waals surface area (Å²) in [5.41, 5.74) is 1.21. The number of fused-ring (bicyclic) bond motifs is 5. The van der Waals surface area contributed by atoms with Gasteiger partial charge >= 0.3 is 0 Å². The van der Waals surface area contributed by atoms with Crippen molar-refractivity contribution < 1.29 is 10.0 Å². The van der Waals surface area contributed by atoms with Gasteiger partial charge in [0, 0.05) is 16.9 Å². The topological polar surface area (TPSA) is 63.4 Å². The van der Waals surface area contributed by atoms with Gasteiger partial charge in [0.2, 0.25) is 6.04 Å². The molecule has 9 atom stereocenters. The first-order valence-corrected chi connectivity index (χ1v) is 13.1. The molecule has 0 bridgehead atoms. The van der Waals surface area contributed by atoms with Crippen molar-refractivity contribution >= 4 is 0 Å². The average molecular weight is 432 g/mol. The monoisotopic (exact) mass is 431 g/mol. The number of nitrogens with zero attached hydrogens (tertiary/aromatic N) is 1. The fraction of sp³-hybridized carbons (Fsp3) is 0.926. The molecule has 176 valence electrons. The van der Waals surface area contributed by atoms with Gasteiger partial charge in [0.15, 0.2) is 0 Å². The van der Waals surface area contributed by atoms with Crippen LogP contribution in [0.2, 0.25) is 0 Å². The highest BCUT2D eigenvalue weighted by molar-refractivity contribution is 5.29. The molecule has 0 aliphatic heterocycles. The molecule has 1 N–H and O–H groups in total. The molecule has 0 amide bonds. The Morgan fingerprint density at radius 1 is 1.10 bits per heavy atom. The van der Waals surface area contributed by atoms with E-state index in [1.54, 1.807) is 0 Å². The standard InChI is InChI=1S/C27H45NO3/c1-17(2)7-6-8-18(3)21-9-10-22-20-16-25(28(30)31)24-15-19(29)11-13-27(24,5)23(20)12-14-26(21,22)4/h15,17-23,25,29H,6-14,16H2,1-5H3/t18-,19+,20-,21+,22-,23-,25+,26+,27-/m1/s1. The number of hydrogen-bond acceptors (Lipinski definition) is 3. The van der Waals surface area contributed by atoms with Gasteiger partial charge in [0.05, 0.1) is 6.10 Å². The molecule has 0 radical (unpaired) electrons. The number of aliphatic hydroxyl groups is 1. The lowest BCUT2D eigenvalue weighted by Crippen LogP contribution is -2.55. The Labute approximate surface area is 189 Å². The van der Waals surface area contributed by atoms with Gasteiger partial charge in [-0.3, -0.25) is 10.1 Å². The van der Waals surface area contributed by atoms with Gasteiger partial charge in [-0.25, -0.2) is 0 Å². The summed E-state index contributed by atoms with van der Waals surface area (Å²) in [6, 6.07) is -0.592. The van der Waals surface area contributed by atoms with Gasteiger partial charge in [-0.1, -0.05) is 53.9 Å². The van der Waals surface area contributed by atoms with Crippen molar-refractivity contribution in [1.29, 1.82) is 0 Å². The van der Waals surface area contributed by atoms with Gasteiger partial charge in [-0.15, -0.1) is 0 Å². The van der Waals surface area contributed by atoms with E-state index in [-0.39, 0.29) is 10.3 Å². The van der Waals surface area contributed by atoms with Gasteiger partial charge in [-0.05, 0) is 90.9 Å². The fourth-order valence-corrected chi connectivity index (χ4v) is 8.98. The van der Waals surface area contributed by atoms with Crippen molar-refractivity contribution in [2.75, 3.05) is 0 Å². The van der Waals surface area contributed by atoms with Crippen LogP contribution in [0.3, 0.4) is 0 Å². The highest BCUT2D eigenvalue weighted by Crippen LogP contribution is 2.68. The summed E-state index contributed by atoms with van der Waals surface area (Å²) in [4.78, 5) is 12.1. The molecular formula is C27H45NO3. The van der Waals surface area contributed by atoms with Crippen LogP contribution in [0.5, 0.6) is 0 Å². The Hall–Kier alpha value is -0.900. The molecule has 0 aromatic carbocycles. The van der Waals surface area contributed by atoms with E-state index in [2.05, 4.69) is 34.6 Å². The molecule has 4 aliphatic carbocycles. The number of rotatable bonds is 6. The van der Waals surface area contributed by atoms with Crippen LogP contribution in [0.4, 0.5) is 0 Å². The van der Waals surface area contributed by atoms with Crippen molar-refractivity contribution in [1.82, 2.24) is 0 Å². The van der Waals surface area contributed by atoms with Crippen LogP contribution in [0.1, 0.15) is 98.8 Å². The van der Waals surface area contributed by atoms with Gasteiger partial charge in [0.25, 0.3) is 0 Å². The molecule has 0 aromatic heterocycles. The summed E-state index contributed by atoms with van der Waals surface area (Å²) in [5, 5.41) is 22.4. The Bertz CT molecular complexity index is 717. The predicted molar refractivity (Wildman–Crippen MR) is 125 cm³/mol. The van der Waals surface area contributed by atoms with E-state index in [4.69, 9.17) is 0 Å². The lowest BCUT2D eigenvalue weighted by atomic mass is 9.45. The van der Waals surface area contributed by atoms with E-state index in [0.29, 0.717) is 29.6 Å². The summed E-state index contributed by atoms with van der Waals surface area (Å²) in [7, 11) is 0. The highest BCUT2D eigenvalue weighted by Gasteiger charge is 2.62. The minimum atomic E-state index is -0.592. The maximum Gasteiger partial charge on any atom is 0.235 e. The first kappa shape index (κ1) is 23.3. The van der Waals surface area contributed by atoms with E-state index >= 15 is 0 Å². The molecule has 31 heavy (non-hydrogen) atoms. The molecule has 0 aromatic rings. The first-order valence-electron chi connectivity index (χ1n) is 13.1. The molecule has 0 heterocycles. The fourth-order valence-electron chi connectivity index (χ4n) is 8.98. The third-order valence-electron chi connectivity index (χ3n) is 10.6. The average Bonchev–Trinajstić information content (AvgIpc) is 3.05. The minimum absolute atomic E-state index is 0.0364. The zero-order valence-corrected chi connectivity index (χ0v) is 20.5. The Morgan fingerprint density at radius 3 is 2.52 bits per heavy atom. The highest BCUT2D eigenvalue weighted by atomic mass is 16.6. The van der Waals surface area contributed by atoms with Crippen LogP contribution in [-0.4, -0.2) is 22.2 Å². The second-order valence-electron chi connectivity index (χ2n) is 12.6. The van der Waals surface area contributed by atoms with Crippen molar-refractivity contribution in [2.45, 2.75) is 111 Å². The number of aliphatic hydroxyl groups excluding tert-OH is 1. The zero-order chi connectivity index (χ0) is 22.6. The predicted octanol–water partition coefficient (Wildman–Crippen LogP) is 6.64. The number of hydrogen-bond donors (Lipinski definition) is 1. The van der Waals surface area contributed by atoms with Gasteiger partial charge in [0.1, 0.15) is 0 Å². The Morgan fingerprint density at radius 2 is 1.84 bits per heavy atom. The van der Waals surface area contributed by atoms with Crippen molar-refractivity contribution in [3.63, 3.8) is 0 Å². The third kappa shape index (κ3) is 3.89. The molecule has 4 aliphatic rings. The lowest BCUT2D eigenvalue weighted by Gasteiger charge is -2.59. The van der Waals surface area contributed by atoms with Gasteiger partial charge < -0.3 is 5.11 Å². The van der Waals surface area contributed by atoms with Crippen LogP contribution in [0, 0.1) is 56.5 Å². The van der Waals surface area contributed by atoms with E-state index in [0.717, 1.165) is 36.2 Å². The Balaban J connectivity index is 1.57. The van der Waals surface area contributed by atoms with Crippen LogP contribution in [-0.2, 0) is 0 Å². The second kappa shape index (κ2) is 8.47. The van der Waals surface area contributed by atoms with Crippen LogP contribution in [0.25, 0.3) is 0 Å². The van der Waals surface area contributed by atoms with E-state index < -0.39 is 12.1 Å². The largest absolute Gasteiger partial charge is 0.389 e. The molecule has 0 saturated heterocycles. The molecule has 0 spiro atoms. The Kier molecular flexibility index (Phi) is 6.35. The molecule has 4 nitrogen and oxygen atoms in total. The van der Waals surface area contributed by atoms with E-state index in [1.165, 1.54) is 44.9 Å². The normalized spacial score (nSPS) is 45.5. The minimum Gasteiger partial charge on any atom is -0.389 e. The summed E-state index contributed by atoms with van der Waals surface area (Å²) in [6.45, 7) is 12.0. The zero-order valence-electron chi connectivity index (χ0n) is 20.5. The lowest BCUT2D eigenvalue weighted by molar-refractivity contribution is -0.521. The van der Waals surface area contributed by atoms with Crippen LogP contribution >= 0.6 is 0 Å². The van der Waals surface area contributed by atoms with Crippen LogP contribution < -0.4 is 0 Å². The molecule has 4 heteroatoms. The molecular weight excluding hydrogens is 386 g/mol. The molecule has 3 saturated carbocycles. The summed E-state index contributed by atoms with van der Waals surface area (Å²) >= 11 is 0. The second-order valence-corrected chi connectivity index (χ2v) is 12.6. The van der Waals surface area contributed by atoms with Gasteiger partial charge in [-0.2, -0.15) is 0 Å². The third-order valence-corrected chi connectivity index (χ3v) is 10.6. The quantitative estimate of drug-likeness (QED) is 0.291. The molecule has 3 fully saturated rings. The van der Waals surface area contributed by atoms with Crippen molar-refractivity contribution in [3.8, 4) is 0 Å². The molecule has 0 unspecified atom stereocenters. The smallest absolute Gasteiger partial charge is 0.235 e. The summed E-state index contributed by atoms with van der Waals surface area (Å²) < 4.78 is 0. The van der Waals surface area contributed by atoms with Crippen molar-refractivity contribution in [3.05, 3.63) is 21.8 Å². The van der Waals surface area contributed by atoms with E-state index in [1.807, 2.05) is 6.08 Å². The van der Waals surface area contributed by atoms with Crippen LogP contribution in [0.15, 0.2) is 11.6 Å². The molecule has 4 rings (SSSR count). The maximum absolute atomic E-state index is 12.1. The number of nitro groups is 1. The SMILES string of the molecule is CC(C)CCC[C@@H](C)[C@@H]1CC[C@@H]2[C@H]3C[C@H]([N+](=O)[O-])C4=C[C@@H](O)CC[C@]4(C)[C@@H]3CC[C@]21C.